The molecule has 2 rings (SSSR count). The third-order valence-electron chi connectivity index (χ3n) is 3.18. The van der Waals surface area contributed by atoms with E-state index in [0.717, 1.165) is 16.0 Å². The van der Waals surface area contributed by atoms with Crippen LogP contribution in [-0.4, -0.2) is 40.2 Å². The highest BCUT2D eigenvalue weighted by molar-refractivity contribution is 8.01. The number of carbonyl (C=O) groups is 3. The molecule has 6 heteroatoms. The molecule has 1 aromatic rings. The van der Waals surface area contributed by atoms with Crippen LogP contribution >= 0.6 is 11.8 Å². The molecule has 1 aliphatic rings. The lowest BCUT2D eigenvalue weighted by Gasteiger charge is -2.27. The third-order valence-corrected chi connectivity index (χ3v) is 4.29. The van der Waals surface area contributed by atoms with E-state index in [-0.39, 0.29) is 35.3 Å². The first-order valence-electron chi connectivity index (χ1n) is 6.71. The zero-order chi connectivity index (χ0) is 15.6. The molecule has 0 aliphatic carbocycles. The lowest BCUT2D eigenvalue weighted by Crippen LogP contribution is -2.49. The summed E-state index contributed by atoms with van der Waals surface area (Å²) in [5.41, 5.74) is 2.76. The molecule has 1 aromatic carbocycles. The fourth-order valence-electron chi connectivity index (χ4n) is 2.24. The van der Waals surface area contributed by atoms with Gasteiger partial charge in [0.2, 0.25) is 17.7 Å². The van der Waals surface area contributed by atoms with Gasteiger partial charge in [0.1, 0.15) is 6.54 Å². The van der Waals surface area contributed by atoms with Crippen LogP contribution in [0, 0.1) is 13.8 Å². The predicted molar refractivity (Wildman–Crippen MR) is 83.2 cm³/mol. The molecule has 5 nitrogen and oxygen atoms in total. The number of hydrogen-bond acceptors (Lipinski definition) is 4. The average molecular weight is 306 g/mol. The number of benzene rings is 1. The van der Waals surface area contributed by atoms with Crippen LogP contribution in [0.2, 0.25) is 0 Å². The van der Waals surface area contributed by atoms with Crippen molar-refractivity contribution in [3.05, 3.63) is 29.3 Å². The Balaban J connectivity index is 2.04. The largest absolute Gasteiger partial charge is 0.325 e. The van der Waals surface area contributed by atoms with Gasteiger partial charge < -0.3 is 5.32 Å². The van der Waals surface area contributed by atoms with Crippen LogP contribution in [-0.2, 0) is 14.4 Å². The Hall–Kier alpha value is -1.82. The molecule has 0 unspecified atom stereocenters. The predicted octanol–water partition coefficient (Wildman–Crippen LogP) is 1.73. The molecule has 112 valence electrons. The van der Waals surface area contributed by atoms with Gasteiger partial charge >= 0.3 is 0 Å². The van der Waals surface area contributed by atoms with Crippen molar-refractivity contribution < 1.29 is 14.4 Å². The molecule has 0 aromatic heterocycles. The van der Waals surface area contributed by atoms with Crippen molar-refractivity contribution in [3.63, 3.8) is 0 Å². The molecule has 0 spiro atoms. The Morgan fingerprint density at radius 2 is 1.90 bits per heavy atom. The van der Waals surface area contributed by atoms with E-state index >= 15 is 0 Å². The molecule has 1 atom stereocenters. The molecule has 1 saturated heterocycles. The van der Waals surface area contributed by atoms with E-state index in [9.17, 15) is 14.4 Å². The monoisotopic (exact) mass is 306 g/mol. The van der Waals surface area contributed by atoms with Crippen LogP contribution in [0.3, 0.4) is 0 Å². The maximum absolute atomic E-state index is 12.0. The number of imide groups is 1. The first kappa shape index (κ1) is 15.6. The van der Waals surface area contributed by atoms with Crippen LogP contribution < -0.4 is 5.32 Å². The highest BCUT2D eigenvalue weighted by Gasteiger charge is 2.33. The quantitative estimate of drug-likeness (QED) is 0.864. The average Bonchev–Trinajstić information content (AvgIpc) is 2.38. The van der Waals surface area contributed by atoms with Gasteiger partial charge in [-0.15, -0.1) is 11.8 Å². The van der Waals surface area contributed by atoms with Gasteiger partial charge in [-0.1, -0.05) is 6.07 Å². The Kier molecular flexibility index (Phi) is 4.67. The minimum atomic E-state index is -0.360. The van der Waals surface area contributed by atoms with E-state index < -0.39 is 0 Å². The standard InChI is InChI=1S/C15H18N2O3S/c1-9-4-10(2)6-12(5-9)16-13(18)7-17-14(19)8-21-11(3)15(17)20/h4-6,11H,7-8H2,1-3H3,(H,16,18)/t11-/m0/s1. The zero-order valence-electron chi connectivity index (χ0n) is 12.3. The van der Waals surface area contributed by atoms with Gasteiger partial charge in [-0.25, -0.2) is 0 Å². The number of nitrogens with zero attached hydrogens (tertiary/aromatic N) is 1. The van der Waals surface area contributed by atoms with Gasteiger partial charge in [-0.2, -0.15) is 0 Å². The highest BCUT2D eigenvalue weighted by atomic mass is 32.2. The van der Waals surface area contributed by atoms with Crippen LogP contribution in [0.25, 0.3) is 0 Å². The first-order chi connectivity index (χ1) is 9.86. The Morgan fingerprint density at radius 3 is 2.52 bits per heavy atom. The van der Waals surface area contributed by atoms with Crippen LogP contribution in [0.4, 0.5) is 5.69 Å². The second-order valence-electron chi connectivity index (χ2n) is 5.20. The molecule has 0 saturated carbocycles. The molecular weight excluding hydrogens is 288 g/mol. The molecule has 21 heavy (non-hydrogen) atoms. The van der Waals surface area contributed by atoms with Gasteiger partial charge in [0, 0.05) is 5.69 Å². The summed E-state index contributed by atoms with van der Waals surface area (Å²) in [5.74, 6) is -0.727. The smallest absolute Gasteiger partial charge is 0.244 e. The Labute approximate surface area is 128 Å². The second kappa shape index (κ2) is 6.30. The summed E-state index contributed by atoms with van der Waals surface area (Å²) in [5, 5.41) is 2.45. The SMILES string of the molecule is Cc1cc(C)cc(NC(=O)CN2C(=O)CS[C@@H](C)C2=O)c1. The third kappa shape index (κ3) is 3.85. The van der Waals surface area contributed by atoms with E-state index in [1.54, 1.807) is 6.92 Å². The van der Waals surface area contributed by atoms with Gasteiger partial charge in [0.25, 0.3) is 0 Å². The van der Waals surface area contributed by atoms with Gasteiger partial charge in [-0.05, 0) is 44.0 Å². The number of anilines is 1. The molecule has 1 N–H and O–H groups in total. The number of nitrogens with one attached hydrogen (secondary N) is 1. The summed E-state index contributed by atoms with van der Waals surface area (Å²) in [6, 6.07) is 5.71. The lowest BCUT2D eigenvalue weighted by molar-refractivity contribution is -0.145. The second-order valence-corrected chi connectivity index (χ2v) is 6.53. The van der Waals surface area contributed by atoms with E-state index in [2.05, 4.69) is 5.32 Å². The first-order valence-corrected chi connectivity index (χ1v) is 7.75. The summed E-state index contributed by atoms with van der Waals surface area (Å²) in [6.45, 7) is 5.41. The van der Waals surface area contributed by atoms with Gasteiger partial charge in [0.05, 0.1) is 11.0 Å². The van der Waals surface area contributed by atoms with Crippen molar-refractivity contribution in [2.24, 2.45) is 0 Å². The minimum Gasteiger partial charge on any atom is -0.325 e. The number of thioether (sulfide) groups is 1. The summed E-state index contributed by atoms with van der Waals surface area (Å²) in [6.07, 6.45) is 0. The number of carbonyl (C=O) groups excluding carboxylic acids is 3. The number of rotatable bonds is 3. The normalized spacial score (nSPS) is 18.8. The van der Waals surface area contributed by atoms with E-state index in [4.69, 9.17) is 0 Å². The van der Waals surface area contributed by atoms with Crippen molar-refractivity contribution >= 4 is 35.2 Å². The van der Waals surface area contributed by atoms with Gasteiger partial charge in [0.15, 0.2) is 0 Å². The van der Waals surface area contributed by atoms with E-state index in [0.29, 0.717) is 5.69 Å². The maximum Gasteiger partial charge on any atom is 0.244 e. The van der Waals surface area contributed by atoms with E-state index in [1.807, 2.05) is 32.0 Å². The fourth-order valence-corrected chi connectivity index (χ4v) is 3.06. The van der Waals surface area contributed by atoms with Crippen molar-refractivity contribution in [1.82, 2.24) is 4.90 Å². The van der Waals surface area contributed by atoms with E-state index in [1.165, 1.54) is 11.8 Å². The van der Waals surface area contributed by atoms with Crippen LogP contribution in [0.5, 0.6) is 0 Å². The highest BCUT2D eigenvalue weighted by Crippen LogP contribution is 2.20. The summed E-state index contributed by atoms with van der Waals surface area (Å²) in [7, 11) is 0. The maximum atomic E-state index is 12.0. The van der Waals surface area contributed by atoms with Crippen molar-refractivity contribution in [1.29, 1.82) is 0 Å². The van der Waals surface area contributed by atoms with Crippen molar-refractivity contribution in [3.8, 4) is 0 Å². The minimum absolute atomic E-state index is 0.227. The van der Waals surface area contributed by atoms with Crippen molar-refractivity contribution in [2.45, 2.75) is 26.0 Å². The summed E-state index contributed by atoms with van der Waals surface area (Å²) >= 11 is 1.30. The number of amides is 3. The molecular formula is C15H18N2O3S. The number of hydrogen-bond donors (Lipinski definition) is 1. The van der Waals surface area contributed by atoms with Gasteiger partial charge in [-0.3, -0.25) is 19.3 Å². The van der Waals surface area contributed by atoms with Crippen molar-refractivity contribution in [2.75, 3.05) is 17.6 Å². The van der Waals surface area contributed by atoms with Crippen LogP contribution in [0.1, 0.15) is 18.1 Å². The molecule has 0 radical (unpaired) electrons. The molecule has 1 heterocycles. The zero-order valence-corrected chi connectivity index (χ0v) is 13.1. The van der Waals surface area contributed by atoms with Crippen LogP contribution in [0.15, 0.2) is 18.2 Å². The molecule has 3 amide bonds. The fraction of sp³-hybridized carbons (Fsp3) is 0.400. The number of aryl methyl sites for hydroxylation is 2. The lowest BCUT2D eigenvalue weighted by atomic mass is 10.1. The topological polar surface area (TPSA) is 66.5 Å². The summed E-state index contributed by atoms with van der Waals surface area (Å²) in [4.78, 5) is 36.8. The Bertz CT molecular complexity index is 580. The molecule has 1 aliphatic heterocycles. The molecule has 0 bridgehead atoms. The summed E-state index contributed by atoms with van der Waals surface area (Å²) < 4.78 is 0. The molecule has 1 fully saturated rings. The Morgan fingerprint density at radius 1 is 1.29 bits per heavy atom.